The molecular weight excluding hydrogens is 222 g/mol. The molecule has 2 aromatic rings. The fraction of sp³-hybridized carbons (Fsp3) is 0.167. The number of aryl methyl sites for hydroxylation is 1. The number of benzene rings is 1. The average molecular weight is 234 g/mol. The van der Waals surface area contributed by atoms with E-state index >= 15 is 0 Å². The van der Waals surface area contributed by atoms with Crippen LogP contribution in [-0.4, -0.2) is 17.0 Å². The van der Waals surface area contributed by atoms with Crippen molar-refractivity contribution < 1.29 is 0 Å². The summed E-state index contributed by atoms with van der Waals surface area (Å²) in [7, 11) is 1.94. The molecule has 0 aliphatic rings. The maximum absolute atomic E-state index is 5.80. The SMILES string of the molecule is Cc1ccc(N(C)c2cncc(Cl)n2)cc1. The lowest BCUT2D eigenvalue weighted by atomic mass is 10.2. The maximum Gasteiger partial charge on any atom is 0.153 e. The molecule has 0 radical (unpaired) electrons. The predicted octanol–water partition coefficient (Wildman–Crippen LogP) is 3.21. The van der Waals surface area contributed by atoms with Crippen LogP contribution in [0.3, 0.4) is 0 Å². The van der Waals surface area contributed by atoms with Gasteiger partial charge in [0.05, 0.1) is 12.4 Å². The van der Waals surface area contributed by atoms with Crippen LogP contribution in [0.5, 0.6) is 0 Å². The van der Waals surface area contributed by atoms with Gasteiger partial charge in [-0.15, -0.1) is 0 Å². The van der Waals surface area contributed by atoms with Gasteiger partial charge in [-0.05, 0) is 19.1 Å². The molecule has 1 aromatic heterocycles. The lowest BCUT2D eigenvalue weighted by Gasteiger charge is -2.17. The van der Waals surface area contributed by atoms with E-state index in [4.69, 9.17) is 11.6 Å². The van der Waals surface area contributed by atoms with Crippen LogP contribution >= 0.6 is 11.6 Å². The third kappa shape index (κ3) is 2.31. The van der Waals surface area contributed by atoms with Gasteiger partial charge in [0.25, 0.3) is 0 Å². The van der Waals surface area contributed by atoms with Crippen LogP contribution in [0.1, 0.15) is 5.56 Å². The lowest BCUT2D eigenvalue weighted by molar-refractivity contribution is 1.09. The number of aromatic nitrogens is 2. The molecule has 1 aromatic carbocycles. The normalized spacial score (nSPS) is 10.2. The third-order valence-electron chi connectivity index (χ3n) is 2.36. The molecule has 0 bridgehead atoms. The molecule has 2 rings (SSSR count). The number of halogens is 1. The van der Waals surface area contributed by atoms with Crippen molar-refractivity contribution in [2.24, 2.45) is 0 Å². The molecule has 4 heteroatoms. The Morgan fingerprint density at radius 2 is 1.81 bits per heavy atom. The summed E-state index contributed by atoms with van der Waals surface area (Å²) in [5.41, 5.74) is 2.29. The Morgan fingerprint density at radius 3 is 2.44 bits per heavy atom. The highest BCUT2D eigenvalue weighted by Gasteiger charge is 2.05. The van der Waals surface area contributed by atoms with E-state index in [9.17, 15) is 0 Å². The molecule has 0 saturated heterocycles. The zero-order valence-corrected chi connectivity index (χ0v) is 9.94. The van der Waals surface area contributed by atoms with Gasteiger partial charge in [-0.1, -0.05) is 29.3 Å². The first kappa shape index (κ1) is 10.9. The molecule has 0 atom stereocenters. The minimum Gasteiger partial charge on any atom is -0.328 e. The number of nitrogens with zero attached hydrogens (tertiary/aromatic N) is 3. The first-order valence-electron chi connectivity index (χ1n) is 4.95. The molecule has 3 nitrogen and oxygen atoms in total. The van der Waals surface area contributed by atoms with Crippen LogP contribution in [-0.2, 0) is 0 Å². The van der Waals surface area contributed by atoms with Gasteiger partial charge in [0.15, 0.2) is 5.82 Å². The van der Waals surface area contributed by atoms with Gasteiger partial charge in [-0.3, -0.25) is 4.98 Å². The van der Waals surface area contributed by atoms with Gasteiger partial charge in [-0.2, -0.15) is 0 Å². The van der Waals surface area contributed by atoms with E-state index in [1.807, 2.05) is 24.1 Å². The minimum atomic E-state index is 0.400. The van der Waals surface area contributed by atoms with E-state index in [1.54, 1.807) is 6.20 Å². The zero-order chi connectivity index (χ0) is 11.5. The standard InChI is InChI=1S/C12H12ClN3/c1-9-3-5-10(6-4-9)16(2)12-8-14-7-11(13)15-12/h3-8H,1-2H3. The summed E-state index contributed by atoms with van der Waals surface area (Å²) in [6.07, 6.45) is 3.21. The van der Waals surface area contributed by atoms with Gasteiger partial charge in [0.2, 0.25) is 0 Å². The predicted molar refractivity (Wildman–Crippen MR) is 66.3 cm³/mol. The number of rotatable bonds is 2. The molecular formula is C12H12ClN3. The largest absolute Gasteiger partial charge is 0.328 e. The molecule has 0 amide bonds. The number of anilines is 2. The van der Waals surface area contributed by atoms with Crippen molar-refractivity contribution in [3.8, 4) is 0 Å². The molecule has 0 N–H and O–H groups in total. The Morgan fingerprint density at radius 1 is 1.12 bits per heavy atom. The van der Waals surface area contributed by atoms with Crippen molar-refractivity contribution in [1.29, 1.82) is 0 Å². The summed E-state index contributed by atoms with van der Waals surface area (Å²) < 4.78 is 0. The second kappa shape index (κ2) is 4.49. The van der Waals surface area contributed by atoms with Crippen molar-refractivity contribution in [3.63, 3.8) is 0 Å². The molecule has 0 spiro atoms. The summed E-state index contributed by atoms with van der Waals surface area (Å²) in [5.74, 6) is 0.733. The van der Waals surface area contributed by atoms with Crippen LogP contribution in [0.15, 0.2) is 36.7 Å². The third-order valence-corrected chi connectivity index (χ3v) is 2.54. The summed E-state index contributed by atoms with van der Waals surface area (Å²) >= 11 is 5.80. The quantitative estimate of drug-likeness (QED) is 0.798. The monoisotopic (exact) mass is 233 g/mol. The van der Waals surface area contributed by atoms with Crippen molar-refractivity contribution in [3.05, 3.63) is 47.4 Å². The molecule has 82 valence electrons. The van der Waals surface area contributed by atoms with E-state index < -0.39 is 0 Å². The Labute approximate surface area is 99.7 Å². The Kier molecular flexibility index (Phi) is 3.06. The van der Waals surface area contributed by atoms with Gasteiger partial charge >= 0.3 is 0 Å². The minimum absolute atomic E-state index is 0.400. The van der Waals surface area contributed by atoms with E-state index in [0.717, 1.165) is 11.5 Å². The van der Waals surface area contributed by atoms with Gasteiger partial charge in [0, 0.05) is 12.7 Å². The summed E-state index contributed by atoms with van der Waals surface area (Å²) in [5, 5.41) is 0.400. The molecule has 0 aliphatic carbocycles. The van der Waals surface area contributed by atoms with Crippen LogP contribution < -0.4 is 4.90 Å². The molecule has 0 fully saturated rings. The summed E-state index contributed by atoms with van der Waals surface area (Å²) in [6.45, 7) is 2.06. The highest BCUT2D eigenvalue weighted by molar-refractivity contribution is 6.29. The van der Waals surface area contributed by atoms with Crippen molar-refractivity contribution in [2.45, 2.75) is 6.92 Å². The van der Waals surface area contributed by atoms with Crippen LogP contribution in [0, 0.1) is 6.92 Å². The van der Waals surface area contributed by atoms with Gasteiger partial charge in [0.1, 0.15) is 5.15 Å². The van der Waals surface area contributed by atoms with Crippen molar-refractivity contribution in [1.82, 2.24) is 9.97 Å². The smallest absolute Gasteiger partial charge is 0.153 e. The second-order valence-electron chi connectivity index (χ2n) is 3.59. The molecule has 16 heavy (non-hydrogen) atoms. The Bertz CT molecular complexity index is 482. The van der Waals surface area contributed by atoms with Crippen molar-refractivity contribution in [2.75, 3.05) is 11.9 Å². The maximum atomic E-state index is 5.80. The van der Waals surface area contributed by atoms with E-state index in [1.165, 1.54) is 11.8 Å². The van der Waals surface area contributed by atoms with Gasteiger partial charge in [-0.25, -0.2) is 4.98 Å². The molecule has 0 unspecified atom stereocenters. The fourth-order valence-electron chi connectivity index (χ4n) is 1.39. The zero-order valence-electron chi connectivity index (χ0n) is 9.18. The first-order chi connectivity index (χ1) is 7.66. The van der Waals surface area contributed by atoms with Crippen LogP contribution in [0.2, 0.25) is 5.15 Å². The van der Waals surface area contributed by atoms with E-state index in [-0.39, 0.29) is 0 Å². The highest BCUT2D eigenvalue weighted by Crippen LogP contribution is 2.21. The van der Waals surface area contributed by atoms with E-state index in [0.29, 0.717) is 5.15 Å². The molecule has 0 saturated carbocycles. The van der Waals surface area contributed by atoms with E-state index in [2.05, 4.69) is 29.0 Å². The van der Waals surface area contributed by atoms with Crippen molar-refractivity contribution >= 4 is 23.1 Å². The molecule has 0 aliphatic heterocycles. The average Bonchev–Trinajstić information content (AvgIpc) is 2.29. The number of hydrogen-bond donors (Lipinski definition) is 0. The first-order valence-corrected chi connectivity index (χ1v) is 5.32. The topological polar surface area (TPSA) is 29.0 Å². The Hall–Kier alpha value is -1.61. The summed E-state index contributed by atoms with van der Waals surface area (Å²) in [6, 6.07) is 8.20. The van der Waals surface area contributed by atoms with Crippen LogP contribution in [0.4, 0.5) is 11.5 Å². The fourth-order valence-corrected chi connectivity index (χ4v) is 1.54. The Balaban J connectivity index is 2.31. The molecule has 1 heterocycles. The summed E-state index contributed by atoms with van der Waals surface area (Å²) in [4.78, 5) is 10.2. The van der Waals surface area contributed by atoms with Gasteiger partial charge < -0.3 is 4.90 Å². The van der Waals surface area contributed by atoms with Crippen LogP contribution in [0.25, 0.3) is 0 Å². The lowest BCUT2D eigenvalue weighted by Crippen LogP contribution is -2.11. The number of hydrogen-bond acceptors (Lipinski definition) is 3. The highest BCUT2D eigenvalue weighted by atomic mass is 35.5. The second-order valence-corrected chi connectivity index (χ2v) is 3.98.